The number of esters is 1. The number of rotatable bonds is 11. The molecule has 3 saturated heterocycles. The molecular formula is C28H38N2O6. The van der Waals surface area contributed by atoms with E-state index in [9.17, 15) is 19.5 Å². The minimum atomic E-state index is -1.14. The lowest BCUT2D eigenvalue weighted by atomic mass is 9.65. The van der Waals surface area contributed by atoms with E-state index >= 15 is 0 Å². The first-order valence-corrected chi connectivity index (χ1v) is 13.1. The zero-order chi connectivity index (χ0) is 26.1. The minimum Gasteiger partial charge on any atom is -0.466 e. The lowest BCUT2D eigenvalue weighted by Gasteiger charge is -2.39. The van der Waals surface area contributed by atoms with Crippen LogP contribution >= 0.6 is 0 Å². The van der Waals surface area contributed by atoms with Crippen molar-refractivity contribution in [2.75, 3.05) is 19.8 Å². The third-order valence-electron chi connectivity index (χ3n) is 8.35. The van der Waals surface area contributed by atoms with Gasteiger partial charge >= 0.3 is 5.97 Å². The molecule has 4 rings (SSSR count). The Kier molecular flexibility index (Phi) is 7.57. The summed E-state index contributed by atoms with van der Waals surface area (Å²) in [7, 11) is 0. The van der Waals surface area contributed by atoms with Crippen LogP contribution in [-0.2, 0) is 30.4 Å². The van der Waals surface area contributed by atoms with Crippen molar-refractivity contribution >= 4 is 17.8 Å². The van der Waals surface area contributed by atoms with E-state index in [1.54, 1.807) is 17.9 Å². The highest BCUT2D eigenvalue weighted by Gasteiger charge is 2.79. The highest BCUT2D eigenvalue weighted by molar-refractivity contribution is 5.98. The standard InChI is InChI=1S/C28H38N2O6/c1-5-16-29(17-19-12-10-9-11-13-19)25(33)23-28-15-14-27(7-3,36-28)22(26(34)35-8-4)21(28)24(32)30(23)20(6-2)18-31/h5,9-13,20-23,31H,1,6-8,14-18H2,2-4H3/t20-,21-,22+,23?,27-,28?/m0/s1. The summed E-state index contributed by atoms with van der Waals surface area (Å²) in [5.41, 5.74) is -1.01. The summed E-state index contributed by atoms with van der Waals surface area (Å²) in [6, 6.07) is 8.15. The number of ether oxygens (including phenoxy) is 2. The fourth-order valence-electron chi connectivity index (χ4n) is 6.70. The number of benzene rings is 1. The van der Waals surface area contributed by atoms with Crippen LogP contribution in [0, 0.1) is 11.8 Å². The first-order chi connectivity index (χ1) is 17.3. The molecule has 0 aromatic heterocycles. The number of carbonyl (C=O) groups excluding carboxylic acids is 3. The van der Waals surface area contributed by atoms with Crippen LogP contribution in [0.15, 0.2) is 43.0 Å². The van der Waals surface area contributed by atoms with Crippen molar-refractivity contribution < 1.29 is 29.0 Å². The lowest BCUT2D eigenvalue weighted by Crippen LogP contribution is -2.58. The second-order valence-electron chi connectivity index (χ2n) is 10.1. The van der Waals surface area contributed by atoms with Gasteiger partial charge in [0.2, 0.25) is 11.8 Å². The molecule has 0 saturated carbocycles. The van der Waals surface area contributed by atoms with Crippen LogP contribution in [0.1, 0.15) is 52.0 Å². The quantitative estimate of drug-likeness (QED) is 0.372. The molecule has 0 radical (unpaired) electrons. The molecule has 36 heavy (non-hydrogen) atoms. The third kappa shape index (κ3) is 3.95. The van der Waals surface area contributed by atoms with Crippen molar-refractivity contribution in [1.82, 2.24) is 9.80 Å². The largest absolute Gasteiger partial charge is 0.466 e. The molecule has 2 bridgehead atoms. The fraction of sp³-hybridized carbons (Fsp3) is 0.607. The predicted octanol–water partition coefficient (Wildman–Crippen LogP) is 2.69. The molecule has 2 unspecified atom stereocenters. The monoisotopic (exact) mass is 498 g/mol. The lowest BCUT2D eigenvalue weighted by molar-refractivity contribution is -0.163. The van der Waals surface area contributed by atoms with Crippen molar-refractivity contribution in [1.29, 1.82) is 0 Å². The van der Waals surface area contributed by atoms with E-state index in [-0.39, 0.29) is 25.0 Å². The number of hydrogen-bond acceptors (Lipinski definition) is 6. The molecule has 3 fully saturated rings. The highest BCUT2D eigenvalue weighted by atomic mass is 16.6. The maximum absolute atomic E-state index is 14.4. The molecule has 2 amide bonds. The van der Waals surface area contributed by atoms with Gasteiger partial charge in [0.15, 0.2) is 0 Å². The Labute approximate surface area is 213 Å². The van der Waals surface area contributed by atoms with Gasteiger partial charge in [-0.2, -0.15) is 0 Å². The number of aliphatic hydroxyl groups excluding tert-OH is 1. The summed E-state index contributed by atoms with van der Waals surface area (Å²) in [5, 5.41) is 10.2. The highest BCUT2D eigenvalue weighted by Crippen LogP contribution is 2.64. The molecule has 0 aliphatic carbocycles. The Morgan fingerprint density at radius 1 is 1.28 bits per heavy atom. The second-order valence-corrected chi connectivity index (χ2v) is 10.1. The molecule has 3 aliphatic heterocycles. The number of carbonyl (C=O) groups is 3. The molecule has 3 heterocycles. The number of hydrogen-bond donors (Lipinski definition) is 1. The van der Waals surface area contributed by atoms with E-state index in [1.807, 2.05) is 44.2 Å². The first kappa shape index (κ1) is 26.4. The zero-order valence-electron chi connectivity index (χ0n) is 21.5. The molecule has 196 valence electrons. The summed E-state index contributed by atoms with van der Waals surface area (Å²) in [6.45, 7) is 9.97. The molecule has 3 aliphatic rings. The van der Waals surface area contributed by atoms with E-state index in [1.165, 1.54) is 4.90 Å². The van der Waals surface area contributed by atoms with Crippen molar-refractivity contribution in [2.45, 2.75) is 76.3 Å². The van der Waals surface area contributed by atoms with E-state index < -0.39 is 41.1 Å². The SMILES string of the molecule is C=CCN(Cc1ccccc1)C(=O)C1N([C@@H](CC)CO)C(=O)[C@@H]2[C@H](C(=O)OCC)[C@]3(CC)CCC12O3. The molecule has 1 spiro atoms. The molecule has 1 aromatic rings. The molecule has 1 N–H and O–H groups in total. The van der Waals surface area contributed by atoms with Crippen LogP contribution in [0.2, 0.25) is 0 Å². The van der Waals surface area contributed by atoms with E-state index in [4.69, 9.17) is 9.47 Å². The van der Waals surface area contributed by atoms with Crippen LogP contribution in [0.3, 0.4) is 0 Å². The van der Waals surface area contributed by atoms with Gasteiger partial charge in [-0.25, -0.2) is 0 Å². The Morgan fingerprint density at radius 2 is 2.00 bits per heavy atom. The second kappa shape index (κ2) is 10.3. The predicted molar refractivity (Wildman–Crippen MR) is 134 cm³/mol. The number of fused-ring (bicyclic) bond motifs is 1. The van der Waals surface area contributed by atoms with Crippen LogP contribution in [0.4, 0.5) is 0 Å². The van der Waals surface area contributed by atoms with Gasteiger partial charge in [0.1, 0.15) is 17.6 Å². The Bertz CT molecular complexity index is 995. The molecular weight excluding hydrogens is 460 g/mol. The molecule has 8 heteroatoms. The van der Waals surface area contributed by atoms with E-state index in [0.29, 0.717) is 38.8 Å². The van der Waals surface area contributed by atoms with Crippen molar-refractivity contribution in [3.63, 3.8) is 0 Å². The van der Waals surface area contributed by atoms with Gasteiger partial charge in [0.25, 0.3) is 0 Å². The van der Waals surface area contributed by atoms with Crippen LogP contribution in [0.5, 0.6) is 0 Å². The van der Waals surface area contributed by atoms with E-state index in [0.717, 1.165) is 5.56 Å². The molecule has 8 nitrogen and oxygen atoms in total. The zero-order valence-corrected chi connectivity index (χ0v) is 21.5. The normalized spacial score (nSPS) is 31.3. The van der Waals surface area contributed by atoms with Gasteiger partial charge < -0.3 is 24.4 Å². The topological polar surface area (TPSA) is 96.4 Å². The number of likely N-dealkylation sites (tertiary alicyclic amines) is 1. The summed E-state index contributed by atoms with van der Waals surface area (Å²) in [6.07, 6.45) is 3.75. The maximum atomic E-state index is 14.4. The Balaban J connectivity index is 1.80. The van der Waals surface area contributed by atoms with Crippen LogP contribution in [0.25, 0.3) is 0 Å². The van der Waals surface area contributed by atoms with E-state index in [2.05, 4.69) is 6.58 Å². The van der Waals surface area contributed by atoms with Crippen LogP contribution < -0.4 is 0 Å². The van der Waals surface area contributed by atoms with Gasteiger partial charge in [-0.3, -0.25) is 14.4 Å². The summed E-state index contributed by atoms with van der Waals surface area (Å²) in [5.74, 6) is -2.60. The van der Waals surface area contributed by atoms with Crippen molar-refractivity contribution in [3.8, 4) is 0 Å². The Morgan fingerprint density at radius 3 is 2.58 bits per heavy atom. The average molecular weight is 499 g/mol. The molecule has 1 aromatic carbocycles. The van der Waals surface area contributed by atoms with Crippen molar-refractivity contribution in [2.24, 2.45) is 11.8 Å². The maximum Gasteiger partial charge on any atom is 0.312 e. The van der Waals surface area contributed by atoms with Gasteiger partial charge in [0, 0.05) is 13.1 Å². The number of nitrogens with zero attached hydrogens (tertiary/aromatic N) is 2. The summed E-state index contributed by atoms with van der Waals surface area (Å²) < 4.78 is 12.2. The number of aliphatic hydroxyl groups is 1. The average Bonchev–Trinajstić information content (AvgIpc) is 3.49. The van der Waals surface area contributed by atoms with Gasteiger partial charge in [-0.15, -0.1) is 6.58 Å². The van der Waals surface area contributed by atoms with Crippen molar-refractivity contribution in [3.05, 3.63) is 48.6 Å². The van der Waals surface area contributed by atoms with Gasteiger partial charge in [-0.05, 0) is 38.2 Å². The van der Waals surface area contributed by atoms with Crippen LogP contribution in [-0.4, -0.2) is 75.7 Å². The number of amides is 2. The summed E-state index contributed by atoms with van der Waals surface area (Å²) >= 11 is 0. The third-order valence-corrected chi connectivity index (χ3v) is 8.35. The summed E-state index contributed by atoms with van der Waals surface area (Å²) in [4.78, 5) is 44.9. The fourth-order valence-corrected chi connectivity index (χ4v) is 6.70. The molecule has 6 atom stereocenters. The van der Waals surface area contributed by atoms with Gasteiger partial charge in [0.05, 0.1) is 30.8 Å². The van der Waals surface area contributed by atoms with Gasteiger partial charge in [-0.1, -0.05) is 50.3 Å². The smallest absolute Gasteiger partial charge is 0.312 e. The minimum absolute atomic E-state index is 0.202. The first-order valence-electron chi connectivity index (χ1n) is 13.1. The Hall–Kier alpha value is -2.71.